The molecule has 0 unspecified atom stereocenters. The predicted octanol–water partition coefficient (Wildman–Crippen LogP) is 6.43. The summed E-state index contributed by atoms with van der Waals surface area (Å²) in [6.07, 6.45) is 2.93. The Hall–Kier alpha value is -3.23. The van der Waals surface area contributed by atoms with Crippen molar-refractivity contribution in [2.45, 2.75) is 26.7 Å². The number of ether oxygens (including phenoxy) is 1. The fourth-order valence-corrected chi connectivity index (χ4v) is 4.97. The van der Waals surface area contributed by atoms with Crippen LogP contribution in [-0.4, -0.2) is 24.5 Å². The van der Waals surface area contributed by atoms with E-state index in [0.717, 1.165) is 37.0 Å². The number of nitrogens with one attached hydrogen (secondary N) is 1. The molecular weight excluding hydrogens is 588 g/mol. The van der Waals surface area contributed by atoms with Gasteiger partial charge in [-0.05, 0) is 66.4 Å². The molecular formula is C28H24Br2N2O4. The summed E-state index contributed by atoms with van der Waals surface area (Å²) in [5.41, 5.74) is 3.96. The Bertz CT molecular complexity index is 1370. The lowest BCUT2D eigenvalue weighted by atomic mass is 10.0. The maximum absolute atomic E-state index is 13.3. The van der Waals surface area contributed by atoms with Gasteiger partial charge in [0.1, 0.15) is 11.3 Å². The zero-order valence-electron chi connectivity index (χ0n) is 19.8. The van der Waals surface area contributed by atoms with E-state index in [4.69, 9.17) is 4.74 Å². The van der Waals surface area contributed by atoms with Gasteiger partial charge in [-0.1, -0.05) is 69.1 Å². The van der Waals surface area contributed by atoms with Gasteiger partial charge < -0.3 is 4.74 Å². The molecule has 0 aliphatic carbocycles. The summed E-state index contributed by atoms with van der Waals surface area (Å²) in [7, 11) is 0. The molecule has 8 heteroatoms. The van der Waals surface area contributed by atoms with E-state index in [1.807, 2.05) is 56.3 Å². The van der Waals surface area contributed by atoms with Gasteiger partial charge in [0.2, 0.25) is 0 Å². The number of carbonyl (C=O) groups excluding carboxylic acids is 3. The fourth-order valence-electron chi connectivity index (χ4n) is 3.94. The minimum atomic E-state index is -0.772. The normalized spacial score (nSPS) is 14.8. The van der Waals surface area contributed by atoms with Crippen LogP contribution >= 0.6 is 31.9 Å². The summed E-state index contributed by atoms with van der Waals surface area (Å²) in [5.74, 6) is -0.779. The van der Waals surface area contributed by atoms with Crippen LogP contribution in [-0.2, 0) is 22.4 Å². The molecule has 0 saturated carbocycles. The lowest BCUT2D eigenvalue weighted by molar-refractivity contribution is -0.122. The van der Waals surface area contributed by atoms with Crippen LogP contribution in [0.5, 0.6) is 5.75 Å². The number of rotatable bonds is 7. The first kappa shape index (κ1) is 25.9. The maximum atomic E-state index is 13.3. The second-order valence-corrected chi connectivity index (χ2v) is 9.87. The van der Waals surface area contributed by atoms with Gasteiger partial charge in [-0.25, -0.2) is 9.69 Å². The number of barbiturate groups is 1. The molecule has 6 nitrogen and oxygen atoms in total. The number of hydrogen-bond acceptors (Lipinski definition) is 4. The summed E-state index contributed by atoms with van der Waals surface area (Å²) in [5, 5.41) is 2.27. The third kappa shape index (κ3) is 5.44. The SMILES string of the molecule is CCOc1cc(/C=C2\C(=O)NC(=O)N(c3ccc(CC)cc3)C2=O)cc(Br)c1Cc1ccccc1Br. The van der Waals surface area contributed by atoms with Gasteiger partial charge in [0.15, 0.2) is 0 Å². The third-order valence-electron chi connectivity index (χ3n) is 5.82. The minimum absolute atomic E-state index is 0.137. The molecule has 3 aromatic rings. The van der Waals surface area contributed by atoms with Crippen LogP contribution in [0, 0.1) is 0 Å². The largest absolute Gasteiger partial charge is 0.494 e. The van der Waals surface area contributed by atoms with Crippen molar-refractivity contribution in [3.63, 3.8) is 0 Å². The van der Waals surface area contributed by atoms with Gasteiger partial charge in [0.25, 0.3) is 11.8 Å². The molecule has 3 aromatic carbocycles. The first-order valence-corrected chi connectivity index (χ1v) is 13.1. The van der Waals surface area contributed by atoms with Crippen LogP contribution in [0.1, 0.15) is 36.1 Å². The van der Waals surface area contributed by atoms with Crippen LogP contribution in [0.15, 0.2) is 75.2 Å². The molecule has 4 amide bonds. The average Bonchev–Trinajstić information content (AvgIpc) is 2.85. The molecule has 1 fully saturated rings. The van der Waals surface area contributed by atoms with Crippen molar-refractivity contribution in [3.05, 3.63) is 97.4 Å². The van der Waals surface area contributed by atoms with Crippen molar-refractivity contribution in [1.29, 1.82) is 0 Å². The van der Waals surface area contributed by atoms with Crippen molar-refractivity contribution < 1.29 is 19.1 Å². The smallest absolute Gasteiger partial charge is 0.335 e. The Balaban J connectivity index is 1.71. The number of nitrogens with zero attached hydrogens (tertiary/aromatic N) is 1. The zero-order valence-corrected chi connectivity index (χ0v) is 23.0. The minimum Gasteiger partial charge on any atom is -0.494 e. The zero-order chi connectivity index (χ0) is 25.8. The summed E-state index contributed by atoms with van der Waals surface area (Å²) in [4.78, 5) is 39.4. The number of imide groups is 2. The highest BCUT2D eigenvalue weighted by atomic mass is 79.9. The third-order valence-corrected chi connectivity index (χ3v) is 7.30. The summed E-state index contributed by atoms with van der Waals surface area (Å²) < 4.78 is 7.69. The standard InChI is InChI=1S/C28H24Br2N2O4/c1-3-17-9-11-20(12-10-17)32-27(34)22(26(33)31-28(32)35)13-18-14-24(30)21(25(15-18)36-4-2)16-19-7-5-6-8-23(19)29/h5-15H,3-4,16H2,1-2H3,(H,31,33,35)/b22-13+. The van der Waals surface area contributed by atoms with Crippen molar-refractivity contribution in [2.24, 2.45) is 0 Å². The maximum Gasteiger partial charge on any atom is 0.335 e. The Morgan fingerprint density at radius 1 is 0.944 bits per heavy atom. The first-order valence-electron chi connectivity index (χ1n) is 11.5. The number of amides is 4. The van der Waals surface area contributed by atoms with Crippen LogP contribution in [0.4, 0.5) is 10.5 Å². The number of carbonyl (C=O) groups is 3. The Labute approximate surface area is 226 Å². The number of urea groups is 1. The van der Waals surface area contributed by atoms with E-state index in [1.54, 1.807) is 18.2 Å². The molecule has 184 valence electrons. The van der Waals surface area contributed by atoms with Crippen molar-refractivity contribution in [2.75, 3.05) is 11.5 Å². The van der Waals surface area contributed by atoms with Gasteiger partial charge in [0.05, 0.1) is 12.3 Å². The molecule has 4 rings (SSSR count). The van der Waals surface area contributed by atoms with E-state index in [-0.39, 0.29) is 5.57 Å². The van der Waals surface area contributed by atoms with Crippen LogP contribution < -0.4 is 15.0 Å². The molecule has 0 radical (unpaired) electrons. The topological polar surface area (TPSA) is 75.7 Å². The molecule has 0 atom stereocenters. The molecule has 0 spiro atoms. The van der Waals surface area contributed by atoms with E-state index in [1.165, 1.54) is 6.08 Å². The van der Waals surface area contributed by atoms with Gasteiger partial charge in [-0.15, -0.1) is 0 Å². The lowest BCUT2D eigenvalue weighted by Crippen LogP contribution is -2.54. The van der Waals surface area contributed by atoms with Crippen LogP contribution in [0.2, 0.25) is 0 Å². The number of hydrogen-bond donors (Lipinski definition) is 1. The number of halogens is 2. The molecule has 1 N–H and O–H groups in total. The van der Waals surface area contributed by atoms with Crippen molar-refractivity contribution >= 4 is 61.5 Å². The molecule has 1 aliphatic rings. The number of benzene rings is 3. The van der Waals surface area contributed by atoms with E-state index >= 15 is 0 Å². The predicted molar refractivity (Wildman–Crippen MR) is 147 cm³/mol. The molecule has 0 bridgehead atoms. The second kappa shape index (κ2) is 11.2. The number of anilines is 1. The average molecular weight is 612 g/mol. The molecule has 36 heavy (non-hydrogen) atoms. The molecule has 1 aliphatic heterocycles. The van der Waals surface area contributed by atoms with Crippen LogP contribution in [0.3, 0.4) is 0 Å². The number of aryl methyl sites for hydroxylation is 1. The first-order chi connectivity index (χ1) is 17.3. The lowest BCUT2D eigenvalue weighted by Gasteiger charge is -2.26. The highest BCUT2D eigenvalue weighted by Crippen LogP contribution is 2.34. The molecule has 1 heterocycles. The molecule has 0 aromatic heterocycles. The summed E-state index contributed by atoms with van der Waals surface area (Å²) in [6.45, 7) is 4.36. The second-order valence-electron chi connectivity index (χ2n) is 8.16. The summed E-state index contributed by atoms with van der Waals surface area (Å²) >= 11 is 7.24. The van der Waals surface area contributed by atoms with E-state index in [9.17, 15) is 14.4 Å². The Morgan fingerprint density at radius 3 is 2.33 bits per heavy atom. The highest BCUT2D eigenvalue weighted by Gasteiger charge is 2.36. The molecule has 1 saturated heterocycles. The fraction of sp³-hybridized carbons (Fsp3) is 0.179. The van der Waals surface area contributed by atoms with E-state index < -0.39 is 17.8 Å². The van der Waals surface area contributed by atoms with Gasteiger partial charge in [0, 0.05) is 20.9 Å². The van der Waals surface area contributed by atoms with Crippen molar-refractivity contribution in [3.8, 4) is 5.75 Å². The Morgan fingerprint density at radius 2 is 1.67 bits per heavy atom. The quantitative estimate of drug-likeness (QED) is 0.247. The van der Waals surface area contributed by atoms with Gasteiger partial charge >= 0.3 is 6.03 Å². The monoisotopic (exact) mass is 610 g/mol. The highest BCUT2D eigenvalue weighted by molar-refractivity contribution is 9.10. The van der Waals surface area contributed by atoms with E-state index in [0.29, 0.717) is 30.0 Å². The summed E-state index contributed by atoms with van der Waals surface area (Å²) in [6, 6.07) is 17.9. The van der Waals surface area contributed by atoms with E-state index in [2.05, 4.69) is 37.2 Å². The van der Waals surface area contributed by atoms with Gasteiger partial charge in [-0.3, -0.25) is 14.9 Å². The Kier molecular flexibility index (Phi) is 8.06. The van der Waals surface area contributed by atoms with Crippen molar-refractivity contribution in [1.82, 2.24) is 5.32 Å². The van der Waals surface area contributed by atoms with Gasteiger partial charge in [-0.2, -0.15) is 0 Å². The van der Waals surface area contributed by atoms with Crippen LogP contribution in [0.25, 0.3) is 6.08 Å².